The highest BCUT2D eigenvalue weighted by Crippen LogP contribution is 2.04. The molecule has 5 nitrogen and oxygen atoms in total. The molecule has 1 atom stereocenters. The molecular formula is C12H18ClN3O2. The zero-order chi connectivity index (χ0) is 12.4. The number of hydrogen-bond donors (Lipinski definition) is 2. The van der Waals surface area contributed by atoms with Gasteiger partial charge in [-0.2, -0.15) is 0 Å². The van der Waals surface area contributed by atoms with E-state index in [1.165, 1.54) is 0 Å². The summed E-state index contributed by atoms with van der Waals surface area (Å²) in [4.78, 5) is 28.2. The summed E-state index contributed by atoms with van der Waals surface area (Å²) in [5.74, 6) is -0.181. The third-order valence-electron chi connectivity index (χ3n) is 2.94. The number of piperazine rings is 1. The Balaban J connectivity index is 0.00000162. The Kier molecular flexibility index (Phi) is 4.93. The van der Waals surface area contributed by atoms with Crippen LogP contribution in [0.3, 0.4) is 0 Å². The van der Waals surface area contributed by atoms with E-state index in [0.29, 0.717) is 13.1 Å². The first-order chi connectivity index (χ1) is 8.08. The summed E-state index contributed by atoms with van der Waals surface area (Å²) in [7, 11) is 0. The van der Waals surface area contributed by atoms with E-state index in [1.807, 2.05) is 6.92 Å². The van der Waals surface area contributed by atoms with Crippen LogP contribution in [0.15, 0.2) is 16.9 Å². The summed E-state index contributed by atoms with van der Waals surface area (Å²) in [5.41, 5.74) is 0.686. The molecule has 0 aliphatic carbocycles. The number of rotatable bonds is 1. The molecule has 1 aliphatic rings. The number of aromatic amines is 1. The largest absolute Gasteiger partial charge is 0.336 e. The highest BCUT2D eigenvalue weighted by molar-refractivity contribution is 5.93. The number of carbonyl (C=O) groups is 1. The van der Waals surface area contributed by atoms with Crippen LogP contribution < -0.4 is 10.9 Å². The fourth-order valence-corrected chi connectivity index (χ4v) is 2.03. The lowest BCUT2D eigenvalue weighted by Gasteiger charge is -2.31. The van der Waals surface area contributed by atoms with E-state index in [0.717, 1.165) is 12.2 Å². The van der Waals surface area contributed by atoms with E-state index in [2.05, 4.69) is 10.3 Å². The van der Waals surface area contributed by atoms with Crippen molar-refractivity contribution in [1.82, 2.24) is 15.2 Å². The number of hydrogen-bond acceptors (Lipinski definition) is 3. The predicted octanol–water partition coefficient (Wildman–Crippen LogP) is 0.539. The molecule has 0 saturated carbocycles. The van der Waals surface area contributed by atoms with E-state index in [4.69, 9.17) is 0 Å². The molecule has 0 spiro atoms. The van der Waals surface area contributed by atoms with Crippen LogP contribution in [0.2, 0.25) is 0 Å². The fraction of sp³-hybridized carbons (Fsp3) is 0.500. The molecule has 1 aromatic heterocycles. The third-order valence-corrected chi connectivity index (χ3v) is 2.94. The van der Waals surface area contributed by atoms with Crippen molar-refractivity contribution >= 4 is 18.3 Å². The molecule has 1 amide bonds. The van der Waals surface area contributed by atoms with E-state index in [-0.39, 0.29) is 35.5 Å². The fourth-order valence-electron chi connectivity index (χ4n) is 2.03. The molecule has 0 aromatic carbocycles. The summed E-state index contributed by atoms with van der Waals surface area (Å²) in [6, 6.07) is 3.63. The molecule has 0 bridgehead atoms. The molecule has 2 heterocycles. The van der Waals surface area contributed by atoms with E-state index >= 15 is 0 Å². The highest BCUT2D eigenvalue weighted by Gasteiger charge is 2.23. The molecule has 1 unspecified atom stereocenters. The molecular weight excluding hydrogens is 254 g/mol. The molecule has 18 heavy (non-hydrogen) atoms. The van der Waals surface area contributed by atoms with Crippen LogP contribution in [0.4, 0.5) is 0 Å². The van der Waals surface area contributed by atoms with Crippen molar-refractivity contribution in [2.24, 2.45) is 0 Å². The zero-order valence-corrected chi connectivity index (χ0v) is 11.3. The van der Waals surface area contributed by atoms with Crippen molar-refractivity contribution in [3.8, 4) is 0 Å². The van der Waals surface area contributed by atoms with Crippen LogP contribution in [0.5, 0.6) is 0 Å². The molecule has 100 valence electrons. The van der Waals surface area contributed by atoms with Crippen LogP contribution in [0.1, 0.15) is 23.0 Å². The van der Waals surface area contributed by atoms with E-state index < -0.39 is 0 Å². The van der Waals surface area contributed by atoms with Gasteiger partial charge in [0.25, 0.3) is 11.5 Å². The Labute approximate surface area is 112 Å². The Hall–Kier alpha value is -1.33. The number of aromatic nitrogens is 1. The Bertz CT molecular complexity index is 486. The Morgan fingerprint density at radius 2 is 2.17 bits per heavy atom. The van der Waals surface area contributed by atoms with E-state index in [9.17, 15) is 9.59 Å². The molecule has 1 fully saturated rings. The van der Waals surface area contributed by atoms with Crippen molar-refractivity contribution in [2.75, 3.05) is 19.6 Å². The van der Waals surface area contributed by atoms with Gasteiger partial charge in [-0.1, -0.05) is 0 Å². The summed E-state index contributed by atoms with van der Waals surface area (Å²) < 4.78 is 0. The minimum Gasteiger partial charge on any atom is -0.336 e. The average Bonchev–Trinajstić information content (AvgIpc) is 2.28. The summed E-state index contributed by atoms with van der Waals surface area (Å²) in [6.45, 7) is 5.89. The lowest BCUT2D eigenvalue weighted by molar-refractivity contribution is 0.0707. The first-order valence-electron chi connectivity index (χ1n) is 5.80. The van der Waals surface area contributed by atoms with Gasteiger partial charge in [0.15, 0.2) is 0 Å². The third kappa shape index (κ3) is 3.11. The summed E-state index contributed by atoms with van der Waals surface area (Å²) >= 11 is 0. The quantitative estimate of drug-likeness (QED) is 0.784. The van der Waals surface area contributed by atoms with Gasteiger partial charge in [0, 0.05) is 31.4 Å². The molecule has 2 N–H and O–H groups in total. The van der Waals surface area contributed by atoms with Gasteiger partial charge >= 0.3 is 0 Å². The lowest BCUT2D eigenvalue weighted by Crippen LogP contribution is -2.52. The van der Waals surface area contributed by atoms with Crippen LogP contribution in [-0.4, -0.2) is 41.5 Å². The number of carbonyl (C=O) groups excluding carboxylic acids is 1. The Morgan fingerprint density at radius 3 is 2.78 bits per heavy atom. The van der Waals surface area contributed by atoms with E-state index in [1.54, 1.807) is 24.0 Å². The van der Waals surface area contributed by atoms with Gasteiger partial charge in [-0.25, -0.2) is 0 Å². The first kappa shape index (κ1) is 14.7. The number of halogens is 1. The number of amides is 1. The standard InChI is InChI=1S/C12H17N3O2.ClH/c1-8-3-4-10(11(16)14-8)12(17)15-6-5-13-9(2)7-15;/h3-4,9,13H,5-7H2,1-2H3,(H,14,16);1H. The van der Waals surface area contributed by atoms with Crippen molar-refractivity contribution < 1.29 is 4.79 Å². The monoisotopic (exact) mass is 271 g/mol. The molecule has 1 aliphatic heterocycles. The lowest BCUT2D eigenvalue weighted by atomic mass is 10.2. The zero-order valence-electron chi connectivity index (χ0n) is 10.5. The topological polar surface area (TPSA) is 65.2 Å². The van der Waals surface area contributed by atoms with Gasteiger partial charge in [-0.15, -0.1) is 12.4 Å². The van der Waals surface area contributed by atoms with Gasteiger partial charge in [0.05, 0.1) is 0 Å². The average molecular weight is 272 g/mol. The van der Waals surface area contributed by atoms with Crippen LogP contribution in [-0.2, 0) is 0 Å². The van der Waals surface area contributed by atoms with Crippen molar-refractivity contribution in [1.29, 1.82) is 0 Å². The van der Waals surface area contributed by atoms with Gasteiger partial charge in [0.2, 0.25) is 0 Å². The molecule has 1 aromatic rings. The molecule has 0 radical (unpaired) electrons. The van der Waals surface area contributed by atoms with Crippen LogP contribution >= 0.6 is 12.4 Å². The maximum absolute atomic E-state index is 12.2. The second-order valence-corrected chi connectivity index (χ2v) is 4.49. The number of nitrogens with zero attached hydrogens (tertiary/aromatic N) is 1. The predicted molar refractivity (Wildman–Crippen MR) is 72.4 cm³/mol. The normalized spacial score (nSPS) is 19.2. The first-order valence-corrected chi connectivity index (χ1v) is 5.80. The minimum atomic E-state index is -0.304. The molecule has 2 rings (SSSR count). The van der Waals surface area contributed by atoms with Crippen molar-refractivity contribution in [3.63, 3.8) is 0 Å². The second-order valence-electron chi connectivity index (χ2n) is 4.49. The molecule has 1 saturated heterocycles. The molecule has 6 heteroatoms. The van der Waals surface area contributed by atoms with Gasteiger partial charge in [-0.3, -0.25) is 9.59 Å². The second kappa shape index (κ2) is 6.02. The smallest absolute Gasteiger partial charge is 0.260 e. The number of H-pyrrole nitrogens is 1. The number of nitrogens with one attached hydrogen (secondary N) is 2. The summed E-state index contributed by atoms with van der Waals surface area (Å²) in [6.07, 6.45) is 0. The Morgan fingerprint density at radius 1 is 1.44 bits per heavy atom. The maximum atomic E-state index is 12.2. The van der Waals surface area contributed by atoms with Crippen LogP contribution in [0, 0.1) is 6.92 Å². The highest BCUT2D eigenvalue weighted by atomic mass is 35.5. The number of pyridine rings is 1. The SMILES string of the molecule is Cc1ccc(C(=O)N2CCNC(C)C2)c(=O)[nH]1.Cl. The maximum Gasteiger partial charge on any atom is 0.260 e. The van der Waals surface area contributed by atoms with Crippen molar-refractivity contribution in [2.45, 2.75) is 19.9 Å². The minimum absolute atomic E-state index is 0. The van der Waals surface area contributed by atoms with Crippen LogP contribution in [0.25, 0.3) is 0 Å². The van der Waals surface area contributed by atoms with Gasteiger partial charge < -0.3 is 15.2 Å². The van der Waals surface area contributed by atoms with Gasteiger partial charge in [-0.05, 0) is 26.0 Å². The number of aryl methyl sites for hydroxylation is 1. The van der Waals surface area contributed by atoms with Crippen molar-refractivity contribution in [3.05, 3.63) is 33.7 Å². The summed E-state index contributed by atoms with van der Waals surface area (Å²) in [5, 5.41) is 3.26. The van der Waals surface area contributed by atoms with Gasteiger partial charge in [0.1, 0.15) is 5.56 Å².